The number of carbonyl (C=O) groups is 1. The molecule has 12 nitrogen and oxygen atoms in total. The van der Waals surface area contributed by atoms with Gasteiger partial charge in [-0.25, -0.2) is 14.8 Å². The van der Waals surface area contributed by atoms with E-state index >= 15 is 0 Å². The number of nitrogens with one attached hydrogen (secondary N) is 1. The van der Waals surface area contributed by atoms with Crippen LogP contribution in [0.5, 0.6) is 11.5 Å². The van der Waals surface area contributed by atoms with Crippen molar-refractivity contribution < 1.29 is 37.1 Å². The van der Waals surface area contributed by atoms with Crippen LogP contribution in [0.25, 0.3) is 10.9 Å². The monoisotopic (exact) mass is 618 g/mol. The Hall–Kier alpha value is -4.17. The highest BCUT2D eigenvalue weighted by atomic mass is 35.5. The molecule has 1 heterocycles. The quantitative estimate of drug-likeness (QED) is 0.225. The lowest BCUT2D eigenvalue weighted by Crippen LogP contribution is -2.26. The van der Waals surface area contributed by atoms with Crippen LogP contribution in [0, 0.1) is 0 Å². The molecule has 1 aromatic heterocycles. The summed E-state index contributed by atoms with van der Waals surface area (Å²) < 4.78 is 44.9. The number of nitrogens with zero attached hydrogens (tertiary/aromatic N) is 3. The highest BCUT2D eigenvalue weighted by Gasteiger charge is 2.23. The van der Waals surface area contributed by atoms with Gasteiger partial charge in [-0.2, -0.15) is 8.42 Å². The van der Waals surface area contributed by atoms with Crippen LogP contribution in [0.3, 0.4) is 0 Å². The highest BCUT2D eigenvalue weighted by molar-refractivity contribution is 7.85. The van der Waals surface area contributed by atoms with Gasteiger partial charge >= 0.3 is 6.09 Å². The summed E-state index contributed by atoms with van der Waals surface area (Å²) in [4.78, 5) is 22.2. The third-order valence-corrected chi connectivity index (χ3v) is 7.21. The van der Waals surface area contributed by atoms with Crippen LogP contribution < -0.4 is 19.7 Å². The molecule has 0 fully saturated rings. The van der Waals surface area contributed by atoms with Gasteiger partial charge in [0.2, 0.25) is 0 Å². The maximum absolute atomic E-state index is 12.2. The van der Waals surface area contributed by atoms with Crippen LogP contribution in [-0.4, -0.2) is 69.1 Å². The Bertz CT molecular complexity index is 1640. The first-order valence-electron chi connectivity index (χ1n) is 12.4. The Balaban J connectivity index is 0.000000408. The number of carbonyl (C=O) groups excluding carboxylic acids is 1. The van der Waals surface area contributed by atoms with Gasteiger partial charge in [-0.1, -0.05) is 35.9 Å². The maximum atomic E-state index is 12.2. The topological polar surface area (TPSA) is 160 Å². The smallest absolute Gasteiger partial charge is 0.413 e. The second-order valence-corrected chi connectivity index (χ2v) is 10.5. The summed E-state index contributed by atoms with van der Waals surface area (Å²) in [5.74, 6) is 1.59. The minimum absolute atomic E-state index is 0.0741. The lowest BCUT2D eigenvalue weighted by Gasteiger charge is -2.22. The molecule has 3 N–H and O–H groups in total. The number of aliphatic hydroxyl groups is 1. The SMILES string of the molecule is COC(=O)N(C)c1cc2c(NCc3ccc(OC)c(Cl)c3)ncnc2c(CCO)c1OC.O=S(=O)(O)c1ccccc1. The van der Waals surface area contributed by atoms with Crippen molar-refractivity contribution >= 4 is 50.2 Å². The fourth-order valence-corrected chi connectivity index (χ4v) is 4.81. The van der Waals surface area contributed by atoms with Crippen LogP contribution in [0.2, 0.25) is 5.02 Å². The van der Waals surface area contributed by atoms with Gasteiger partial charge in [-0.3, -0.25) is 9.45 Å². The highest BCUT2D eigenvalue weighted by Crippen LogP contribution is 2.39. The fraction of sp³-hybridized carbons (Fsp3) is 0.250. The van der Waals surface area contributed by atoms with Gasteiger partial charge in [0.25, 0.3) is 10.1 Å². The Kier molecular flexibility index (Phi) is 11.3. The summed E-state index contributed by atoms with van der Waals surface area (Å²) in [5, 5.41) is 14.1. The Morgan fingerprint density at radius 3 is 2.31 bits per heavy atom. The van der Waals surface area contributed by atoms with Crippen molar-refractivity contribution in [1.29, 1.82) is 0 Å². The number of hydrogen-bond acceptors (Lipinski definition) is 10. The van der Waals surface area contributed by atoms with Crippen molar-refractivity contribution in [2.75, 3.05) is 45.2 Å². The Morgan fingerprint density at radius 1 is 1.05 bits per heavy atom. The summed E-state index contributed by atoms with van der Waals surface area (Å²) in [6.45, 7) is 0.327. The molecule has 1 amide bonds. The molecule has 0 atom stereocenters. The molecule has 0 aliphatic carbocycles. The number of hydrogen-bond donors (Lipinski definition) is 3. The van der Waals surface area contributed by atoms with E-state index in [1.807, 2.05) is 12.1 Å². The largest absolute Gasteiger partial charge is 0.495 e. The van der Waals surface area contributed by atoms with Crippen LogP contribution in [0.1, 0.15) is 11.1 Å². The first-order chi connectivity index (χ1) is 20.0. The van der Waals surface area contributed by atoms with Gasteiger partial charge in [0.05, 0.1) is 42.5 Å². The summed E-state index contributed by atoms with van der Waals surface area (Å²) >= 11 is 6.23. The van der Waals surface area contributed by atoms with Gasteiger partial charge < -0.3 is 24.6 Å². The molecule has 0 bridgehead atoms. The van der Waals surface area contributed by atoms with E-state index in [-0.39, 0.29) is 17.9 Å². The maximum Gasteiger partial charge on any atom is 0.413 e. The van der Waals surface area contributed by atoms with E-state index in [1.165, 1.54) is 37.6 Å². The zero-order chi connectivity index (χ0) is 30.9. The van der Waals surface area contributed by atoms with E-state index in [0.29, 0.717) is 51.0 Å². The molecule has 14 heteroatoms. The summed E-state index contributed by atoms with van der Waals surface area (Å²) in [5.41, 5.74) is 2.68. The third kappa shape index (κ3) is 7.76. The molecule has 42 heavy (non-hydrogen) atoms. The number of benzene rings is 3. The minimum atomic E-state index is -4.00. The number of halogens is 1. The van der Waals surface area contributed by atoms with E-state index in [1.54, 1.807) is 44.5 Å². The predicted molar refractivity (Wildman–Crippen MR) is 159 cm³/mol. The van der Waals surface area contributed by atoms with Gasteiger partial charge in [0.15, 0.2) is 0 Å². The number of rotatable bonds is 9. The van der Waals surface area contributed by atoms with Crippen LogP contribution in [-0.2, 0) is 27.8 Å². The van der Waals surface area contributed by atoms with Gasteiger partial charge in [-0.15, -0.1) is 0 Å². The average molecular weight is 619 g/mol. The Labute approximate surface area is 248 Å². The molecule has 0 unspecified atom stereocenters. The van der Waals surface area contributed by atoms with Crippen LogP contribution in [0.15, 0.2) is 65.8 Å². The van der Waals surface area contributed by atoms with E-state index in [4.69, 9.17) is 30.4 Å². The molecule has 0 spiro atoms. The normalized spacial score (nSPS) is 10.8. The van der Waals surface area contributed by atoms with E-state index in [2.05, 4.69) is 15.3 Å². The lowest BCUT2D eigenvalue weighted by molar-refractivity contribution is 0.180. The first kappa shape index (κ1) is 32.3. The minimum Gasteiger partial charge on any atom is -0.495 e. The number of fused-ring (bicyclic) bond motifs is 1. The van der Waals surface area contributed by atoms with Gasteiger partial charge in [0, 0.05) is 37.6 Å². The number of methoxy groups -OCH3 is 3. The van der Waals surface area contributed by atoms with Crippen molar-refractivity contribution in [3.05, 3.63) is 77.1 Å². The van der Waals surface area contributed by atoms with Crippen molar-refractivity contribution in [2.45, 2.75) is 17.9 Å². The molecule has 4 rings (SSSR count). The predicted octanol–water partition coefficient (Wildman–Crippen LogP) is 4.58. The van der Waals surface area contributed by atoms with Gasteiger partial charge in [0.1, 0.15) is 23.6 Å². The molecule has 0 saturated heterocycles. The van der Waals surface area contributed by atoms with Gasteiger partial charge in [-0.05, 0) is 35.9 Å². The third-order valence-electron chi connectivity index (χ3n) is 6.05. The number of aromatic nitrogens is 2. The standard InChI is InChI=1S/C22H25ClN4O5.C6H6O3S/c1-27(22(29)32-4)17-10-15-19(14(7-8-28)20(17)31-3)25-12-26-21(15)24-11-13-5-6-18(30-2)16(23)9-13;7-10(8,9)6-4-2-1-3-5-6/h5-6,9-10,12,28H,7-8,11H2,1-4H3,(H,24,25,26);1-5H,(H,7,8,9). The van der Waals surface area contributed by atoms with Crippen molar-refractivity contribution in [2.24, 2.45) is 0 Å². The van der Waals surface area contributed by atoms with Crippen molar-refractivity contribution in [3.8, 4) is 11.5 Å². The van der Waals surface area contributed by atoms with E-state index < -0.39 is 16.2 Å². The Morgan fingerprint density at radius 2 is 1.76 bits per heavy atom. The molecular formula is C28H31ClN4O8S. The summed E-state index contributed by atoms with van der Waals surface area (Å²) in [6.07, 6.45) is 1.17. The van der Waals surface area contributed by atoms with Crippen molar-refractivity contribution in [3.63, 3.8) is 0 Å². The average Bonchev–Trinajstić information content (AvgIpc) is 2.99. The molecule has 4 aromatic rings. The molecule has 0 radical (unpaired) electrons. The fourth-order valence-electron chi connectivity index (χ4n) is 4.03. The molecule has 0 aliphatic rings. The molecule has 0 aliphatic heterocycles. The number of anilines is 2. The van der Waals surface area contributed by atoms with E-state index in [0.717, 1.165) is 5.56 Å². The van der Waals surface area contributed by atoms with E-state index in [9.17, 15) is 18.3 Å². The lowest BCUT2D eigenvalue weighted by atomic mass is 10.0. The van der Waals surface area contributed by atoms with Crippen LogP contribution in [0.4, 0.5) is 16.3 Å². The zero-order valence-corrected chi connectivity index (χ0v) is 24.9. The van der Waals surface area contributed by atoms with Crippen molar-refractivity contribution in [1.82, 2.24) is 9.97 Å². The second-order valence-electron chi connectivity index (χ2n) is 8.64. The zero-order valence-electron chi connectivity index (χ0n) is 23.4. The molecular weight excluding hydrogens is 588 g/mol. The molecule has 224 valence electrons. The van der Waals surface area contributed by atoms with Crippen LogP contribution >= 0.6 is 11.6 Å². The summed E-state index contributed by atoms with van der Waals surface area (Å²) in [6, 6.07) is 14.7. The molecule has 0 saturated carbocycles. The number of aliphatic hydroxyl groups excluding tert-OH is 1. The number of amides is 1. The second kappa shape index (κ2) is 14.6. The molecule has 3 aromatic carbocycles. The number of ether oxygens (including phenoxy) is 3. The summed E-state index contributed by atoms with van der Waals surface area (Å²) in [7, 11) is 1.94. The first-order valence-corrected chi connectivity index (χ1v) is 14.2.